The fourth-order valence-electron chi connectivity index (χ4n) is 1.78. The van der Waals surface area contributed by atoms with Crippen LogP contribution in [0.15, 0.2) is 0 Å². The summed E-state index contributed by atoms with van der Waals surface area (Å²) in [4.78, 5) is 0. The van der Waals surface area contributed by atoms with E-state index in [1.807, 2.05) is 0 Å². The second kappa shape index (κ2) is 3.69. The Bertz CT molecular complexity index is 299. The minimum absolute atomic E-state index is 0.0000231. The van der Waals surface area contributed by atoms with E-state index in [0.717, 1.165) is 0 Å². The van der Waals surface area contributed by atoms with E-state index < -0.39 is 34.3 Å². The number of halogens is 3. The van der Waals surface area contributed by atoms with Gasteiger partial charge in [0.25, 0.3) is 0 Å². The van der Waals surface area contributed by atoms with Crippen LogP contribution in [0, 0.1) is 11.8 Å². The van der Waals surface area contributed by atoms with Crippen molar-refractivity contribution in [1.82, 2.24) is 0 Å². The Balaban J connectivity index is 2.70. The van der Waals surface area contributed by atoms with Gasteiger partial charge in [-0.2, -0.15) is 13.2 Å². The van der Waals surface area contributed by atoms with Crippen molar-refractivity contribution in [3.63, 3.8) is 0 Å². The van der Waals surface area contributed by atoms with Crippen molar-refractivity contribution < 1.29 is 21.6 Å². The van der Waals surface area contributed by atoms with Gasteiger partial charge in [0.2, 0.25) is 0 Å². The van der Waals surface area contributed by atoms with Gasteiger partial charge in [0.05, 0.1) is 11.5 Å². The topological polar surface area (TPSA) is 60.2 Å². The van der Waals surface area contributed by atoms with Crippen LogP contribution < -0.4 is 5.73 Å². The second-order valence-electron chi connectivity index (χ2n) is 3.65. The largest absolute Gasteiger partial charge is 0.389 e. The van der Waals surface area contributed by atoms with E-state index in [2.05, 4.69) is 0 Å². The summed E-state index contributed by atoms with van der Waals surface area (Å²) in [6.07, 6.45) is -5.36. The van der Waals surface area contributed by atoms with E-state index in [1.165, 1.54) is 0 Å². The van der Waals surface area contributed by atoms with Gasteiger partial charge in [-0.05, 0) is 18.4 Å². The summed E-state index contributed by atoms with van der Waals surface area (Å²) >= 11 is 0. The molecule has 3 nitrogen and oxygen atoms in total. The Hall–Kier alpha value is -0.300. The lowest BCUT2D eigenvalue weighted by molar-refractivity contribution is -0.145. The van der Waals surface area contributed by atoms with E-state index in [-0.39, 0.29) is 18.1 Å². The van der Waals surface area contributed by atoms with Crippen LogP contribution in [-0.2, 0) is 9.84 Å². The van der Waals surface area contributed by atoms with Crippen LogP contribution in [0.25, 0.3) is 0 Å². The van der Waals surface area contributed by atoms with Gasteiger partial charge in [-0.25, -0.2) is 8.42 Å². The molecule has 0 radical (unpaired) electrons. The van der Waals surface area contributed by atoms with Crippen LogP contribution in [-0.4, -0.2) is 32.6 Å². The summed E-state index contributed by atoms with van der Waals surface area (Å²) < 4.78 is 58.2. The highest BCUT2D eigenvalue weighted by Gasteiger charge is 2.43. The fraction of sp³-hybridized carbons (Fsp3) is 1.00. The molecular weight excluding hydrogens is 219 g/mol. The van der Waals surface area contributed by atoms with Gasteiger partial charge in [-0.1, -0.05) is 0 Å². The van der Waals surface area contributed by atoms with Crippen LogP contribution in [0.4, 0.5) is 13.2 Å². The average Bonchev–Trinajstić information content (AvgIpc) is 2.21. The molecule has 0 amide bonds. The molecule has 0 aromatic carbocycles. The molecule has 1 aliphatic rings. The Morgan fingerprint density at radius 3 is 2.14 bits per heavy atom. The summed E-state index contributed by atoms with van der Waals surface area (Å²) in [6, 6.07) is 0. The Morgan fingerprint density at radius 1 is 1.21 bits per heavy atom. The molecule has 2 N–H and O–H groups in total. The Labute approximate surface area is 80.4 Å². The standard InChI is InChI=1S/C7H12F3NO2S/c8-7(9,10)1-5-3-14(12,13)4-6(5)2-11/h5-6H,1-4,11H2. The van der Waals surface area contributed by atoms with Crippen LogP contribution in [0.5, 0.6) is 0 Å². The molecule has 0 bridgehead atoms. The lowest BCUT2D eigenvalue weighted by atomic mass is 9.93. The van der Waals surface area contributed by atoms with Crippen molar-refractivity contribution in [1.29, 1.82) is 0 Å². The Kier molecular flexibility index (Phi) is 3.10. The summed E-state index contributed by atoms with van der Waals surface area (Å²) in [5.41, 5.74) is 5.23. The molecule has 1 saturated heterocycles. The molecule has 1 aliphatic heterocycles. The van der Waals surface area contributed by atoms with Crippen LogP contribution >= 0.6 is 0 Å². The normalized spacial score (nSPS) is 32.0. The predicted molar refractivity (Wildman–Crippen MR) is 45.4 cm³/mol. The first kappa shape index (κ1) is 11.8. The number of hydrogen-bond acceptors (Lipinski definition) is 3. The van der Waals surface area contributed by atoms with E-state index in [4.69, 9.17) is 5.73 Å². The summed E-state index contributed by atoms with van der Waals surface area (Å²) in [5, 5.41) is 0. The molecule has 2 atom stereocenters. The number of nitrogens with two attached hydrogens (primary N) is 1. The summed E-state index contributed by atoms with van der Waals surface area (Å²) in [5.74, 6) is -1.98. The van der Waals surface area contributed by atoms with Gasteiger partial charge >= 0.3 is 6.18 Å². The molecular formula is C7H12F3NO2S. The highest BCUT2D eigenvalue weighted by molar-refractivity contribution is 7.91. The maximum absolute atomic E-state index is 12.0. The molecule has 1 rings (SSSR count). The first-order chi connectivity index (χ1) is 6.23. The van der Waals surface area contributed by atoms with Gasteiger partial charge in [0.1, 0.15) is 0 Å². The van der Waals surface area contributed by atoms with Gasteiger partial charge < -0.3 is 5.73 Å². The first-order valence-corrected chi connectivity index (χ1v) is 6.03. The van der Waals surface area contributed by atoms with E-state index in [9.17, 15) is 21.6 Å². The van der Waals surface area contributed by atoms with E-state index in [1.54, 1.807) is 0 Å². The summed E-state index contributed by atoms with van der Waals surface area (Å²) in [6.45, 7) is -0.0000231. The van der Waals surface area contributed by atoms with E-state index >= 15 is 0 Å². The van der Waals surface area contributed by atoms with Crippen molar-refractivity contribution >= 4 is 9.84 Å². The molecule has 1 heterocycles. The van der Waals surface area contributed by atoms with Gasteiger partial charge in [0, 0.05) is 6.42 Å². The average molecular weight is 231 g/mol. The number of alkyl halides is 3. The molecule has 0 aromatic heterocycles. The molecule has 2 unspecified atom stereocenters. The zero-order chi connectivity index (χ0) is 11.0. The zero-order valence-electron chi connectivity index (χ0n) is 7.42. The van der Waals surface area contributed by atoms with Crippen molar-refractivity contribution in [3.8, 4) is 0 Å². The highest BCUT2D eigenvalue weighted by Crippen LogP contribution is 2.34. The van der Waals surface area contributed by atoms with Gasteiger partial charge in [-0.15, -0.1) is 0 Å². The maximum atomic E-state index is 12.0. The van der Waals surface area contributed by atoms with Crippen LogP contribution in [0.3, 0.4) is 0 Å². The molecule has 0 saturated carbocycles. The molecule has 14 heavy (non-hydrogen) atoms. The lowest BCUT2D eigenvalue weighted by Gasteiger charge is -2.17. The molecule has 84 valence electrons. The van der Waals surface area contributed by atoms with Gasteiger partial charge in [0.15, 0.2) is 9.84 Å². The predicted octanol–water partition coefficient (Wildman–Crippen LogP) is 0.558. The number of hydrogen-bond donors (Lipinski definition) is 1. The number of rotatable bonds is 2. The van der Waals surface area contributed by atoms with E-state index in [0.29, 0.717) is 0 Å². The third-order valence-electron chi connectivity index (χ3n) is 2.40. The zero-order valence-corrected chi connectivity index (χ0v) is 8.24. The third-order valence-corrected chi connectivity index (χ3v) is 4.27. The SMILES string of the molecule is NCC1CS(=O)(=O)CC1CC(F)(F)F. The van der Waals surface area contributed by atoms with Crippen molar-refractivity contribution in [2.24, 2.45) is 17.6 Å². The van der Waals surface area contributed by atoms with Gasteiger partial charge in [-0.3, -0.25) is 0 Å². The fourth-order valence-corrected chi connectivity index (χ4v) is 4.01. The molecule has 7 heteroatoms. The quantitative estimate of drug-likeness (QED) is 0.755. The third kappa shape index (κ3) is 3.13. The molecule has 0 spiro atoms. The molecule has 0 aliphatic carbocycles. The van der Waals surface area contributed by atoms with Crippen molar-refractivity contribution in [2.45, 2.75) is 12.6 Å². The van der Waals surface area contributed by atoms with Crippen molar-refractivity contribution in [2.75, 3.05) is 18.1 Å². The minimum atomic E-state index is -4.31. The second-order valence-corrected chi connectivity index (χ2v) is 5.81. The molecule has 1 fully saturated rings. The smallest absolute Gasteiger partial charge is 0.330 e. The van der Waals surface area contributed by atoms with Crippen LogP contribution in [0.1, 0.15) is 6.42 Å². The number of sulfone groups is 1. The Morgan fingerprint density at radius 2 is 1.71 bits per heavy atom. The van der Waals surface area contributed by atoms with Crippen molar-refractivity contribution in [3.05, 3.63) is 0 Å². The summed E-state index contributed by atoms with van der Waals surface area (Å²) in [7, 11) is -3.31. The monoisotopic (exact) mass is 231 g/mol. The highest BCUT2D eigenvalue weighted by atomic mass is 32.2. The first-order valence-electron chi connectivity index (χ1n) is 4.21. The molecule has 0 aromatic rings. The minimum Gasteiger partial charge on any atom is -0.330 e. The van der Waals surface area contributed by atoms with Crippen LogP contribution in [0.2, 0.25) is 0 Å². The maximum Gasteiger partial charge on any atom is 0.389 e. The lowest BCUT2D eigenvalue weighted by Crippen LogP contribution is -2.26.